The SMILES string of the molecule is CCN(C)Sc1ccc(C)cc1.O=CN(Cc1ccc(-c2ccc(C(=O)O)cc2)cc1)c1ccc(C(=O)OCc2ccccc2)c(OCc2ccccc2)c1. The zero-order chi connectivity index (χ0) is 39.0. The molecule has 0 atom stereocenters. The molecule has 1 amide bonds. The van der Waals surface area contributed by atoms with Crippen molar-refractivity contribution in [1.29, 1.82) is 0 Å². The van der Waals surface area contributed by atoms with Gasteiger partial charge < -0.3 is 19.5 Å². The monoisotopic (exact) mass is 752 g/mol. The molecule has 6 aromatic rings. The molecule has 0 unspecified atom stereocenters. The van der Waals surface area contributed by atoms with Crippen molar-refractivity contribution < 1.29 is 29.0 Å². The molecule has 0 heterocycles. The van der Waals surface area contributed by atoms with Gasteiger partial charge in [0, 0.05) is 23.2 Å². The topological polar surface area (TPSA) is 96.4 Å². The predicted molar refractivity (Wildman–Crippen MR) is 219 cm³/mol. The molecule has 0 aromatic heterocycles. The van der Waals surface area contributed by atoms with Crippen LogP contribution in [0, 0.1) is 6.92 Å². The maximum atomic E-state index is 13.1. The molecule has 0 saturated heterocycles. The molecule has 1 N–H and O–H groups in total. The van der Waals surface area contributed by atoms with E-state index in [0.29, 0.717) is 11.4 Å². The molecule has 6 rings (SSSR count). The van der Waals surface area contributed by atoms with Gasteiger partial charge in [-0.2, -0.15) is 0 Å². The zero-order valence-electron chi connectivity index (χ0n) is 31.1. The molecule has 0 aliphatic heterocycles. The second kappa shape index (κ2) is 20.3. The fraction of sp³-hybridized carbons (Fsp3) is 0.152. The van der Waals surface area contributed by atoms with Crippen LogP contribution in [-0.2, 0) is 29.3 Å². The summed E-state index contributed by atoms with van der Waals surface area (Å²) in [6, 6.07) is 47.0. The lowest BCUT2D eigenvalue weighted by Crippen LogP contribution is -2.20. The minimum Gasteiger partial charge on any atom is -0.488 e. The summed E-state index contributed by atoms with van der Waals surface area (Å²) >= 11 is 1.79. The Bertz CT molecular complexity index is 2130. The molecule has 0 radical (unpaired) electrons. The van der Waals surface area contributed by atoms with Crippen LogP contribution in [0.4, 0.5) is 5.69 Å². The molecular formula is C46H44N2O6S. The average Bonchev–Trinajstić information content (AvgIpc) is 3.23. The van der Waals surface area contributed by atoms with Gasteiger partial charge in [0.05, 0.1) is 12.1 Å². The number of carbonyl (C=O) groups is 3. The number of carboxylic acid groups (broad SMARTS) is 1. The van der Waals surface area contributed by atoms with E-state index in [0.717, 1.165) is 40.8 Å². The Hall–Kier alpha value is -6.16. The van der Waals surface area contributed by atoms with E-state index >= 15 is 0 Å². The number of nitrogens with zero attached hydrogens (tertiary/aromatic N) is 2. The van der Waals surface area contributed by atoms with Crippen LogP contribution in [0.3, 0.4) is 0 Å². The molecule has 0 fully saturated rings. The third-order valence-corrected chi connectivity index (χ3v) is 9.65. The number of anilines is 1. The molecule has 0 aliphatic carbocycles. The summed E-state index contributed by atoms with van der Waals surface area (Å²) in [6.07, 6.45) is 0.738. The summed E-state index contributed by atoms with van der Waals surface area (Å²) in [7, 11) is 2.10. The number of esters is 1. The molecule has 8 nitrogen and oxygen atoms in total. The number of rotatable bonds is 15. The summed E-state index contributed by atoms with van der Waals surface area (Å²) in [5, 5.41) is 9.13. The highest BCUT2D eigenvalue weighted by Gasteiger charge is 2.18. The molecule has 6 aromatic carbocycles. The van der Waals surface area contributed by atoms with Crippen LogP contribution in [0.1, 0.15) is 49.9 Å². The van der Waals surface area contributed by atoms with Crippen molar-refractivity contribution in [2.75, 3.05) is 18.5 Å². The number of hydrogen-bond acceptors (Lipinski definition) is 7. The quantitative estimate of drug-likeness (QED) is 0.0629. The van der Waals surface area contributed by atoms with Crippen LogP contribution in [0.25, 0.3) is 11.1 Å². The van der Waals surface area contributed by atoms with Crippen molar-refractivity contribution in [3.05, 3.63) is 185 Å². The fourth-order valence-corrected chi connectivity index (χ4v) is 6.10. The number of carbonyl (C=O) groups excluding carboxylic acids is 2. The fourth-order valence-electron chi connectivity index (χ4n) is 5.35. The van der Waals surface area contributed by atoms with Gasteiger partial charge in [0.2, 0.25) is 6.41 Å². The Morgan fingerprint density at radius 2 is 1.29 bits per heavy atom. The van der Waals surface area contributed by atoms with E-state index in [1.807, 2.05) is 84.9 Å². The third-order valence-electron chi connectivity index (χ3n) is 8.59. The molecule has 0 aliphatic rings. The van der Waals surface area contributed by atoms with Crippen LogP contribution in [0.15, 0.2) is 157 Å². The van der Waals surface area contributed by atoms with Crippen molar-refractivity contribution in [2.45, 2.75) is 38.5 Å². The van der Waals surface area contributed by atoms with E-state index < -0.39 is 11.9 Å². The smallest absolute Gasteiger partial charge is 0.342 e. The minimum atomic E-state index is -0.971. The Kier molecular flexibility index (Phi) is 14.8. The standard InChI is InChI=1S/C36H29NO6.C10H15NS/c38-25-37(22-26-11-13-29(14-12-26)30-15-17-31(18-16-30)35(39)40)32-19-20-33(36(41)43-24-28-9-5-2-6-10-28)34(21-32)42-23-27-7-3-1-4-8-27;1-4-11(3)12-10-7-5-9(2)6-8-10/h1-21,25H,22-24H2,(H,39,40);5-8H,4H2,1-3H3. The lowest BCUT2D eigenvalue weighted by molar-refractivity contribution is -0.107. The van der Waals surface area contributed by atoms with E-state index in [1.54, 1.807) is 54.4 Å². The Labute approximate surface area is 327 Å². The largest absolute Gasteiger partial charge is 0.488 e. The van der Waals surface area contributed by atoms with Gasteiger partial charge in [0.15, 0.2) is 0 Å². The second-order valence-electron chi connectivity index (χ2n) is 12.7. The van der Waals surface area contributed by atoms with E-state index in [9.17, 15) is 14.4 Å². The molecule has 0 spiro atoms. The van der Waals surface area contributed by atoms with Gasteiger partial charge in [-0.25, -0.2) is 13.9 Å². The van der Waals surface area contributed by atoms with Crippen molar-refractivity contribution in [3.63, 3.8) is 0 Å². The highest BCUT2D eigenvalue weighted by atomic mass is 32.2. The molecule has 55 heavy (non-hydrogen) atoms. The van der Waals surface area contributed by atoms with Crippen molar-refractivity contribution in [2.24, 2.45) is 0 Å². The number of benzene rings is 6. The number of aryl methyl sites for hydroxylation is 1. The first-order chi connectivity index (χ1) is 26.7. The number of amides is 1. The number of aromatic carboxylic acids is 1. The van der Waals surface area contributed by atoms with Crippen LogP contribution >= 0.6 is 11.9 Å². The molecule has 9 heteroatoms. The third kappa shape index (κ3) is 12.2. The highest BCUT2D eigenvalue weighted by molar-refractivity contribution is 7.97. The van der Waals surface area contributed by atoms with Gasteiger partial charge in [-0.1, -0.05) is 122 Å². The first-order valence-corrected chi connectivity index (χ1v) is 18.6. The van der Waals surface area contributed by atoms with Gasteiger partial charge in [-0.05, 0) is 90.1 Å². The molecular weight excluding hydrogens is 709 g/mol. The number of hydrogen-bond donors (Lipinski definition) is 1. The van der Waals surface area contributed by atoms with E-state index in [2.05, 4.69) is 49.5 Å². The van der Waals surface area contributed by atoms with Crippen molar-refractivity contribution >= 4 is 36.0 Å². The summed E-state index contributed by atoms with van der Waals surface area (Å²) in [5.74, 6) is -1.18. The van der Waals surface area contributed by atoms with E-state index in [-0.39, 0.29) is 30.9 Å². The van der Waals surface area contributed by atoms with Crippen LogP contribution < -0.4 is 9.64 Å². The Morgan fingerprint density at radius 3 is 1.85 bits per heavy atom. The van der Waals surface area contributed by atoms with Gasteiger partial charge in [-0.3, -0.25) is 4.79 Å². The van der Waals surface area contributed by atoms with Gasteiger partial charge >= 0.3 is 11.9 Å². The summed E-state index contributed by atoms with van der Waals surface area (Å²) in [5.41, 5.74) is 6.87. The minimum absolute atomic E-state index is 0.125. The van der Waals surface area contributed by atoms with Gasteiger partial charge in [0.1, 0.15) is 24.5 Å². The Balaban J connectivity index is 0.000000413. The summed E-state index contributed by atoms with van der Waals surface area (Å²) in [4.78, 5) is 39.3. The second-order valence-corrected chi connectivity index (χ2v) is 14.0. The first kappa shape index (κ1) is 40.0. The molecule has 280 valence electrons. The lowest BCUT2D eigenvalue weighted by Gasteiger charge is -2.20. The van der Waals surface area contributed by atoms with Gasteiger partial charge in [0.25, 0.3) is 0 Å². The van der Waals surface area contributed by atoms with E-state index in [1.165, 1.54) is 15.4 Å². The molecule has 0 bridgehead atoms. The average molecular weight is 753 g/mol. The van der Waals surface area contributed by atoms with Crippen LogP contribution in [0.5, 0.6) is 5.75 Å². The zero-order valence-corrected chi connectivity index (χ0v) is 31.9. The van der Waals surface area contributed by atoms with Gasteiger partial charge in [-0.15, -0.1) is 0 Å². The van der Waals surface area contributed by atoms with E-state index in [4.69, 9.17) is 14.6 Å². The molecule has 0 saturated carbocycles. The normalized spacial score (nSPS) is 10.5. The number of carboxylic acids is 1. The van der Waals surface area contributed by atoms with Crippen molar-refractivity contribution in [3.8, 4) is 16.9 Å². The Morgan fingerprint density at radius 1 is 0.709 bits per heavy atom. The van der Waals surface area contributed by atoms with Crippen LogP contribution in [0.2, 0.25) is 0 Å². The predicted octanol–water partition coefficient (Wildman–Crippen LogP) is 10.1. The lowest BCUT2D eigenvalue weighted by atomic mass is 10.0. The summed E-state index contributed by atoms with van der Waals surface area (Å²) in [6.45, 7) is 5.98. The number of ether oxygens (including phenoxy) is 2. The van der Waals surface area contributed by atoms with Crippen LogP contribution in [-0.4, -0.2) is 41.4 Å². The highest BCUT2D eigenvalue weighted by Crippen LogP contribution is 2.29. The first-order valence-electron chi connectivity index (χ1n) is 17.8. The maximum Gasteiger partial charge on any atom is 0.342 e. The van der Waals surface area contributed by atoms with Crippen molar-refractivity contribution in [1.82, 2.24) is 4.31 Å². The maximum absolute atomic E-state index is 13.1. The summed E-state index contributed by atoms with van der Waals surface area (Å²) < 4.78 is 13.9.